The summed E-state index contributed by atoms with van der Waals surface area (Å²) in [7, 11) is 0. The molecular formula is C20H18F3NO. The molecule has 1 amide bonds. The molecule has 2 aromatic rings. The van der Waals surface area contributed by atoms with Crippen molar-refractivity contribution < 1.29 is 18.0 Å². The molecular weight excluding hydrogens is 327 g/mol. The molecule has 130 valence electrons. The summed E-state index contributed by atoms with van der Waals surface area (Å²) >= 11 is 0. The van der Waals surface area contributed by atoms with E-state index in [9.17, 15) is 18.0 Å². The lowest BCUT2D eigenvalue weighted by Crippen LogP contribution is -2.39. The molecule has 2 aromatic carbocycles. The minimum atomic E-state index is -0.879. The molecule has 4 rings (SSSR count). The van der Waals surface area contributed by atoms with Crippen molar-refractivity contribution in [2.45, 2.75) is 38.1 Å². The zero-order chi connectivity index (χ0) is 17.9. The number of halogens is 3. The molecule has 0 aromatic heterocycles. The first-order valence-electron chi connectivity index (χ1n) is 8.39. The van der Waals surface area contributed by atoms with Crippen LogP contribution in [-0.2, 0) is 10.2 Å². The monoisotopic (exact) mass is 345 g/mol. The Morgan fingerprint density at radius 3 is 2.32 bits per heavy atom. The third kappa shape index (κ3) is 2.44. The van der Waals surface area contributed by atoms with Crippen LogP contribution in [0.1, 0.15) is 43.9 Å². The molecule has 1 aliphatic heterocycles. The second kappa shape index (κ2) is 5.35. The zero-order valence-electron chi connectivity index (χ0n) is 14.0. The van der Waals surface area contributed by atoms with E-state index < -0.39 is 28.9 Å². The van der Waals surface area contributed by atoms with Crippen LogP contribution in [0.15, 0.2) is 36.4 Å². The number of amides is 1. The van der Waals surface area contributed by atoms with Crippen LogP contribution in [-0.4, -0.2) is 5.91 Å². The van der Waals surface area contributed by atoms with Gasteiger partial charge in [-0.05, 0) is 61.9 Å². The Bertz CT molecular complexity index is 853. The van der Waals surface area contributed by atoms with Gasteiger partial charge in [-0.15, -0.1) is 0 Å². The van der Waals surface area contributed by atoms with Gasteiger partial charge in [-0.25, -0.2) is 13.2 Å². The van der Waals surface area contributed by atoms with Crippen LogP contribution in [0, 0.1) is 23.4 Å². The van der Waals surface area contributed by atoms with Crippen molar-refractivity contribution in [2.24, 2.45) is 5.92 Å². The topological polar surface area (TPSA) is 20.3 Å². The van der Waals surface area contributed by atoms with E-state index in [1.807, 2.05) is 0 Å². The smallest absolute Gasteiger partial charge is 0.237 e. The number of carbonyl (C=O) groups excluding carboxylic acids is 1. The average molecular weight is 345 g/mol. The molecule has 0 saturated heterocycles. The Balaban J connectivity index is 1.91. The Hall–Kier alpha value is -2.30. The molecule has 25 heavy (non-hydrogen) atoms. The van der Waals surface area contributed by atoms with E-state index in [1.165, 1.54) is 23.1 Å². The summed E-state index contributed by atoms with van der Waals surface area (Å²) in [6.07, 6.45) is 1.69. The van der Waals surface area contributed by atoms with Gasteiger partial charge in [-0.3, -0.25) is 4.79 Å². The molecule has 0 unspecified atom stereocenters. The van der Waals surface area contributed by atoms with Crippen molar-refractivity contribution in [3.63, 3.8) is 0 Å². The molecule has 0 spiro atoms. The number of fused-ring (bicyclic) bond motifs is 1. The second-order valence-electron chi connectivity index (χ2n) is 7.42. The number of nitrogens with zero attached hydrogens (tertiary/aromatic N) is 1. The lowest BCUT2D eigenvalue weighted by Gasteiger charge is -2.30. The van der Waals surface area contributed by atoms with Gasteiger partial charge in [0.25, 0.3) is 0 Å². The summed E-state index contributed by atoms with van der Waals surface area (Å²) in [5.74, 6) is -2.04. The minimum Gasteiger partial charge on any atom is -0.301 e. The normalized spacial score (nSPS) is 19.9. The standard InChI is InChI=1S/C20H18F3NO/c1-20(2)15-4-3-5-16(23)18(15)24(19(20)25)17(11-6-7-11)12-8-13(21)10-14(22)9-12/h3-5,8-11,17H,6-7H2,1-2H3/t17-/m1/s1. The lowest BCUT2D eigenvalue weighted by atomic mass is 9.86. The maximum absolute atomic E-state index is 14.6. The highest BCUT2D eigenvalue weighted by Crippen LogP contribution is 2.53. The molecule has 1 fully saturated rings. The predicted octanol–water partition coefficient (Wildman–Crippen LogP) is 4.88. The fraction of sp³-hybridized carbons (Fsp3) is 0.350. The fourth-order valence-corrected chi connectivity index (χ4v) is 3.84. The van der Waals surface area contributed by atoms with Crippen LogP contribution < -0.4 is 4.90 Å². The number of hydrogen-bond acceptors (Lipinski definition) is 1. The number of hydrogen-bond donors (Lipinski definition) is 0. The zero-order valence-corrected chi connectivity index (χ0v) is 14.0. The molecule has 1 heterocycles. The van der Waals surface area contributed by atoms with Gasteiger partial charge < -0.3 is 4.90 Å². The third-order valence-electron chi connectivity index (χ3n) is 5.23. The van der Waals surface area contributed by atoms with E-state index in [0.717, 1.165) is 18.9 Å². The number of rotatable bonds is 3. The molecule has 1 aliphatic carbocycles. The number of carbonyl (C=O) groups is 1. The van der Waals surface area contributed by atoms with Gasteiger partial charge >= 0.3 is 0 Å². The molecule has 0 N–H and O–H groups in total. The van der Waals surface area contributed by atoms with Crippen LogP contribution in [0.5, 0.6) is 0 Å². The van der Waals surface area contributed by atoms with E-state index in [1.54, 1.807) is 26.0 Å². The van der Waals surface area contributed by atoms with Gasteiger partial charge in [0, 0.05) is 6.07 Å². The van der Waals surface area contributed by atoms with Gasteiger partial charge in [0.1, 0.15) is 17.5 Å². The first-order chi connectivity index (χ1) is 11.8. The summed E-state index contributed by atoms with van der Waals surface area (Å²) in [4.78, 5) is 14.6. The van der Waals surface area contributed by atoms with E-state index in [2.05, 4.69) is 0 Å². The first-order valence-corrected chi connectivity index (χ1v) is 8.39. The summed E-state index contributed by atoms with van der Waals surface area (Å²) in [6, 6.07) is 7.37. The predicted molar refractivity (Wildman–Crippen MR) is 88.7 cm³/mol. The quantitative estimate of drug-likeness (QED) is 0.776. The molecule has 2 aliphatic rings. The lowest BCUT2D eigenvalue weighted by molar-refractivity contribution is -0.122. The summed E-state index contributed by atoms with van der Waals surface area (Å²) < 4.78 is 42.2. The molecule has 0 radical (unpaired) electrons. The maximum Gasteiger partial charge on any atom is 0.237 e. The number of para-hydroxylation sites is 1. The van der Waals surface area contributed by atoms with Crippen molar-refractivity contribution in [1.82, 2.24) is 0 Å². The highest BCUT2D eigenvalue weighted by Gasteiger charge is 2.51. The van der Waals surface area contributed by atoms with Crippen LogP contribution in [0.4, 0.5) is 18.9 Å². The highest BCUT2D eigenvalue weighted by molar-refractivity contribution is 6.08. The first kappa shape index (κ1) is 16.2. The van der Waals surface area contributed by atoms with Gasteiger partial charge in [-0.2, -0.15) is 0 Å². The van der Waals surface area contributed by atoms with E-state index in [0.29, 0.717) is 11.1 Å². The van der Waals surface area contributed by atoms with Crippen molar-refractivity contribution in [3.8, 4) is 0 Å². The van der Waals surface area contributed by atoms with Crippen molar-refractivity contribution in [1.29, 1.82) is 0 Å². The third-order valence-corrected chi connectivity index (χ3v) is 5.23. The van der Waals surface area contributed by atoms with Crippen molar-refractivity contribution in [3.05, 3.63) is 65.0 Å². The Labute approximate surface area is 144 Å². The fourth-order valence-electron chi connectivity index (χ4n) is 3.84. The van der Waals surface area contributed by atoms with Crippen LogP contribution >= 0.6 is 0 Å². The Morgan fingerprint density at radius 1 is 1.08 bits per heavy atom. The molecule has 1 saturated carbocycles. The molecule has 5 heteroatoms. The van der Waals surface area contributed by atoms with Crippen LogP contribution in [0.2, 0.25) is 0 Å². The van der Waals surface area contributed by atoms with Gasteiger partial charge in [0.05, 0.1) is 17.1 Å². The SMILES string of the molecule is CC1(C)C(=O)N([C@@H](c2cc(F)cc(F)c2)C2CC2)c2c(F)cccc21. The molecule has 1 atom stereocenters. The summed E-state index contributed by atoms with van der Waals surface area (Å²) in [5.41, 5.74) is 0.343. The van der Waals surface area contributed by atoms with Crippen molar-refractivity contribution >= 4 is 11.6 Å². The average Bonchev–Trinajstić information content (AvgIpc) is 3.32. The van der Waals surface area contributed by atoms with Gasteiger partial charge in [-0.1, -0.05) is 12.1 Å². The van der Waals surface area contributed by atoms with Crippen LogP contribution in [0.25, 0.3) is 0 Å². The largest absolute Gasteiger partial charge is 0.301 e. The van der Waals surface area contributed by atoms with E-state index >= 15 is 0 Å². The van der Waals surface area contributed by atoms with Gasteiger partial charge in [0.2, 0.25) is 5.91 Å². The second-order valence-corrected chi connectivity index (χ2v) is 7.42. The maximum atomic E-state index is 14.6. The summed E-state index contributed by atoms with van der Waals surface area (Å²) in [6.45, 7) is 3.51. The van der Waals surface area contributed by atoms with Crippen LogP contribution in [0.3, 0.4) is 0 Å². The number of anilines is 1. The highest BCUT2D eigenvalue weighted by atomic mass is 19.1. The van der Waals surface area contributed by atoms with E-state index in [4.69, 9.17) is 0 Å². The minimum absolute atomic E-state index is 0.0755. The van der Waals surface area contributed by atoms with Gasteiger partial charge in [0.15, 0.2) is 0 Å². The van der Waals surface area contributed by atoms with E-state index in [-0.39, 0.29) is 17.5 Å². The Morgan fingerprint density at radius 2 is 1.72 bits per heavy atom. The van der Waals surface area contributed by atoms with Crippen molar-refractivity contribution in [2.75, 3.05) is 4.90 Å². The Kier molecular flexibility index (Phi) is 3.46. The molecule has 0 bridgehead atoms. The number of benzene rings is 2. The molecule has 2 nitrogen and oxygen atoms in total. The summed E-state index contributed by atoms with van der Waals surface area (Å²) in [5, 5.41) is 0.